The number of hydrogen-bond acceptors (Lipinski definition) is 0. The van der Waals surface area contributed by atoms with Gasteiger partial charge in [0, 0.05) is 23.7 Å². The maximum atomic E-state index is 4.07. The summed E-state index contributed by atoms with van der Waals surface area (Å²) in [7, 11) is 0. The highest BCUT2D eigenvalue weighted by atomic mass is 15.3. The highest BCUT2D eigenvalue weighted by Gasteiger charge is 2.62. The van der Waals surface area contributed by atoms with Crippen molar-refractivity contribution >= 4 is 10.9 Å². The molecule has 2 bridgehead atoms. The van der Waals surface area contributed by atoms with Crippen LogP contribution in [0.3, 0.4) is 0 Å². The molecule has 2 aromatic rings. The molecule has 26 heavy (non-hydrogen) atoms. The van der Waals surface area contributed by atoms with Gasteiger partial charge in [0.15, 0.2) is 0 Å². The van der Waals surface area contributed by atoms with Crippen molar-refractivity contribution in [2.45, 2.75) is 50.2 Å². The molecule has 7 atom stereocenters. The van der Waals surface area contributed by atoms with Gasteiger partial charge in [0.2, 0.25) is 0 Å². The Balaban J connectivity index is 1.47. The van der Waals surface area contributed by atoms with Crippen LogP contribution in [0.1, 0.15) is 43.0 Å². The van der Waals surface area contributed by atoms with Crippen LogP contribution < -0.4 is 9.80 Å². The highest BCUT2D eigenvalue weighted by Crippen LogP contribution is 2.45. The van der Waals surface area contributed by atoms with Crippen molar-refractivity contribution in [3.8, 4) is 0 Å². The van der Waals surface area contributed by atoms with E-state index in [4.69, 9.17) is 0 Å². The SMILES string of the molecule is C=CC[NH+]1CCC[C@@H]2[C@H]1[C@H]1CC[C@H]2[NH+]2CCc3c([nH]c4ccccc34)[C@@H]12. The Hall–Kier alpha value is -1.58. The molecule has 0 amide bonds. The van der Waals surface area contributed by atoms with E-state index >= 15 is 0 Å². The van der Waals surface area contributed by atoms with Gasteiger partial charge in [0.05, 0.1) is 43.2 Å². The van der Waals surface area contributed by atoms with E-state index in [1.807, 2.05) is 9.80 Å². The Morgan fingerprint density at radius 1 is 1.12 bits per heavy atom. The first-order chi connectivity index (χ1) is 12.9. The molecule has 136 valence electrons. The molecule has 1 saturated carbocycles. The highest BCUT2D eigenvalue weighted by molar-refractivity contribution is 5.85. The number of hydrogen-bond donors (Lipinski definition) is 3. The minimum Gasteiger partial charge on any atom is -0.353 e. The third-order valence-electron chi connectivity index (χ3n) is 8.29. The molecule has 5 aliphatic rings. The number of nitrogens with one attached hydrogen (secondary N) is 3. The number of quaternary nitrogens is 2. The van der Waals surface area contributed by atoms with Crippen LogP contribution in [0.5, 0.6) is 0 Å². The molecule has 3 N–H and O–H groups in total. The third-order valence-corrected chi connectivity index (χ3v) is 8.29. The zero-order chi connectivity index (χ0) is 17.3. The molecule has 3 nitrogen and oxygen atoms in total. The predicted octanol–water partition coefficient (Wildman–Crippen LogP) is 1.29. The molecule has 3 saturated heterocycles. The van der Waals surface area contributed by atoms with E-state index in [0.717, 1.165) is 30.5 Å². The van der Waals surface area contributed by atoms with Crippen LogP contribution in [0.25, 0.3) is 10.9 Å². The van der Waals surface area contributed by atoms with Crippen LogP contribution in [0.2, 0.25) is 0 Å². The Bertz CT molecular complexity index is 852. The van der Waals surface area contributed by atoms with Gasteiger partial charge in [-0.2, -0.15) is 0 Å². The lowest BCUT2D eigenvalue weighted by Gasteiger charge is -2.59. The van der Waals surface area contributed by atoms with E-state index in [9.17, 15) is 0 Å². The molecule has 0 spiro atoms. The molecule has 1 aliphatic carbocycles. The van der Waals surface area contributed by atoms with E-state index in [0.29, 0.717) is 6.04 Å². The van der Waals surface area contributed by atoms with Crippen molar-refractivity contribution in [2.75, 3.05) is 19.6 Å². The molecule has 0 radical (unpaired) electrons. The van der Waals surface area contributed by atoms with Crippen molar-refractivity contribution in [1.82, 2.24) is 4.98 Å². The summed E-state index contributed by atoms with van der Waals surface area (Å²) in [6.07, 6.45) is 9.23. The first kappa shape index (κ1) is 15.5. The molecular weight excluding hydrogens is 318 g/mol. The zero-order valence-corrected chi connectivity index (χ0v) is 15.6. The summed E-state index contributed by atoms with van der Waals surface area (Å²) in [6, 6.07) is 11.5. The van der Waals surface area contributed by atoms with Gasteiger partial charge < -0.3 is 14.8 Å². The lowest BCUT2D eigenvalue weighted by molar-refractivity contribution is -1.01. The Kier molecular flexibility index (Phi) is 3.40. The maximum absolute atomic E-state index is 4.07. The monoisotopic (exact) mass is 349 g/mol. The standard InChI is InChI=1S/C23H29N3/c1-2-12-25-13-5-7-17-20-10-9-18(22(17)25)23-21-16(11-14-26(20)23)15-6-3-4-8-19(15)24-21/h2-4,6,8,17-18,20,22-24H,1,5,7,9-14H2/p+2/t17-,18+,20+,22-,23+/m0/s1. The topological polar surface area (TPSA) is 24.7 Å². The smallest absolute Gasteiger partial charge is 0.137 e. The van der Waals surface area contributed by atoms with Gasteiger partial charge >= 0.3 is 0 Å². The Morgan fingerprint density at radius 3 is 2.96 bits per heavy atom. The number of H-pyrrole nitrogens is 1. The lowest BCUT2D eigenvalue weighted by Crippen LogP contribution is -3.27. The number of para-hydroxylation sites is 1. The Labute approximate surface area is 156 Å². The van der Waals surface area contributed by atoms with Crippen molar-refractivity contribution in [2.24, 2.45) is 11.8 Å². The summed E-state index contributed by atoms with van der Waals surface area (Å²) in [5.74, 6) is 1.80. The summed E-state index contributed by atoms with van der Waals surface area (Å²) >= 11 is 0. The van der Waals surface area contributed by atoms with Crippen molar-refractivity contribution in [1.29, 1.82) is 0 Å². The van der Waals surface area contributed by atoms with Crippen LogP contribution in [-0.2, 0) is 6.42 Å². The molecule has 3 heteroatoms. The number of benzene rings is 1. The lowest BCUT2D eigenvalue weighted by atomic mass is 9.60. The van der Waals surface area contributed by atoms with Crippen LogP contribution in [0.4, 0.5) is 0 Å². The van der Waals surface area contributed by atoms with Crippen molar-refractivity contribution < 1.29 is 9.80 Å². The van der Waals surface area contributed by atoms with Gasteiger partial charge in [0.1, 0.15) is 12.1 Å². The van der Waals surface area contributed by atoms with E-state index in [1.54, 1.807) is 11.3 Å². The number of fused-ring (bicyclic) bond motifs is 4. The van der Waals surface area contributed by atoms with Crippen LogP contribution in [-0.4, -0.2) is 36.7 Å². The number of aromatic amines is 1. The normalized spacial score (nSPS) is 40.7. The minimum atomic E-state index is 0.712. The fourth-order valence-corrected chi connectivity index (χ4v) is 7.58. The summed E-state index contributed by atoms with van der Waals surface area (Å²) < 4.78 is 0. The molecule has 1 aromatic carbocycles. The summed E-state index contributed by atoms with van der Waals surface area (Å²) in [5.41, 5.74) is 4.60. The van der Waals surface area contributed by atoms with Gasteiger partial charge in [-0.25, -0.2) is 0 Å². The van der Waals surface area contributed by atoms with Crippen LogP contribution in [0, 0.1) is 11.8 Å². The first-order valence-corrected chi connectivity index (χ1v) is 10.8. The van der Waals surface area contributed by atoms with Gasteiger partial charge in [-0.1, -0.05) is 24.8 Å². The first-order valence-electron chi connectivity index (χ1n) is 10.8. The second kappa shape index (κ2) is 5.71. The fourth-order valence-electron chi connectivity index (χ4n) is 7.58. The summed E-state index contributed by atoms with van der Waals surface area (Å²) in [5, 5.41) is 1.48. The molecular formula is C23H31N3+2. The van der Waals surface area contributed by atoms with Crippen LogP contribution >= 0.6 is 0 Å². The third kappa shape index (κ3) is 1.96. The molecule has 5 heterocycles. The molecule has 4 fully saturated rings. The van der Waals surface area contributed by atoms with Gasteiger partial charge in [0.25, 0.3) is 0 Å². The number of aromatic nitrogens is 1. The van der Waals surface area contributed by atoms with E-state index < -0.39 is 0 Å². The summed E-state index contributed by atoms with van der Waals surface area (Å²) in [6.45, 7) is 7.93. The average molecular weight is 350 g/mol. The quantitative estimate of drug-likeness (QED) is 0.681. The van der Waals surface area contributed by atoms with Crippen LogP contribution in [0.15, 0.2) is 36.9 Å². The number of likely N-dealkylation sites (tertiary alicyclic amines) is 1. The predicted molar refractivity (Wildman–Crippen MR) is 104 cm³/mol. The van der Waals surface area contributed by atoms with E-state index in [2.05, 4.69) is 41.9 Å². The molecule has 2 unspecified atom stereocenters. The summed E-state index contributed by atoms with van der Waals surface area (Å²) in [4.78, 5) is 7.67. The zero-order valence-electron chi connectivity index (χ0n) is 15.6. The maximum Gasteiger partial charge on any atom is 0.137 e. The minimum absolute atomic E-state index is 0.712. The molecule has 4 aliphatic heterocycles. The second-order valence-corrected chi connectivity index (χ2v) is 9.20. The van der Waals surface area contributed by atoms with Gasteiger partial charge in [-0.15, -0.1) is 0 Å². The number of rotatable bonds is 2. The van der Waals surface area contributed by atoms with Crippen molar-refractivity contribution in [3.05, 3.63) is 48.2 Å². The van der Waals surface area contributed by atoms with E-state index in [-0.39, 0.29) is 0 Å². The Morgan fingerprint density at radius 2 is 2.04 bits per heavy atom. The second-order valence-electron chi connectivity index (χ2n) is 9.20. The molecule has 7 rings (SSSR count). The van der Waals surface area contributed by atoms with Gasteiger partial charge in [-0.3, -0.25) is 0 Å². The largest absolute Gasteiger partial charge is 0.353 e. The molecule has 1 aromatic heterocycles. The average Bonchev–Trinajstić information content (AvgIpc) is 3.08. The number of piperidine rings is 3. The van der Waals surface area contributed by atoms with Gasteiger partial charge in [-0.05, 0) is 37.0 Å². The van der Waals surface area contributed by atoms with E-state index in [1.165, 1.54) is 56.1 Å². The fraction of sp³-hybridized carbons (Fsp3) is 0.565. The van der Waals surface area contributed by atoms with Crippen molar-refractivity contribution in [3.63, 3.8) is 0 Å².